The summed E-state index contributed by atoms with van der Waals surface area (Å²) >= 11 is 0. The van der Waals surface area contributed by atoms with Crippen molar-refractivity contribution in [2.24, 2.45) is 17.8 Å². The molecule has 0 aromatic carbocycles. The van der Waals surface area contributed by atoms with Gasteiger partial charge in [-0.1, -0.05) is 24.8 Å². The molecule has 2 saturated carbocycles. The Hall–Kier alpha value is -1.92. The third kappa shape index (κ3) is 2.91. The number of hydrogen-bond acceptors (Lipinski definition) is 6. The fourth-order valence-electron chi connectivity index (χ4n) is 4.60. The van der Waals surface area contributed by atoms with E-state index in [9.17, 15) is 19.8 Å². The smallest absolute Gasteiger partial charge is 0.334 e. The molecule has 6 atom stereocenters. The number of rotatable bonds is 3. The molecule has 6 heteroatoms. The molecule has 3 rings (SSSR count). The van der Waals surface area contributed by atoms with Gasteiger partial charge < -0.3 is 19.7 Å². The number of carbonyl (C=O) groups is 2. The van der Waals surface area contributed by atoms with Crippen LogP contribution < -0.4 is 0 Å². The van der Waals surface area contributed by atoms with Gasteiger partial charge in [-0.25, -0.2) is 9.59 Å². The van der Waals surface area contributed by atoms with Gasteiger partial charge in [0.25, 0.3) is 0 Å². The molecule has 3 aliphatic rings. The molecule has 2 aliphatic carbocycles. The summed E-state index contributed by atoms with van der Waals surface area (Å²) < 4.78 is 11.1. The zero-order chi connectivity index (χ0) is 19.2. The molecule has 0 amide bonds. The summed E-state index contributed by atoms with van der Waals surface area (Å²) in [5, 5.41) is 20.9. The zero-order valence-electron chi connectivity index (χ0n) is 15.2. The number of carbonyl (C=O) groups excluding carboxylic acids is 2. The molecule has 2 N–H and O–H groups in total. The van der Waals surface area contributed by atoms with Crippen LogP contribution in [0.2, 0.25) is 0 Å². The fraction of sp³-hybridized carbons (Fsp3) is 0.600. The molecule has 0 aromatic rings. The first-order chi connectivity index (χ1) is 12.2. The summed E-state index contributed by atoms with van der Waals surface area (Å²) in [6, 6.07) is 0. The molecule has 1 saturated heterocycles. The number of aliphatic hydroxyl groups is 2. The lowest BCUT2D eigenvalue weighted by molar-refractivity contribution is -0.146. The summed E-state index contributed by atoms with van der Waals surface area (Å²) in [5.74, 6) is -1.75. The summed E-state index contributed by atoms with van der Waals surface area (Å²) in [4.78, 5) is 24.1. The lowest BCUT2D eigenvalue weighted by Gasteiger charge is -2.31. The molecular weight excluding hydrogens is 336 g/mol. The van der Waals surface area contributed by atoms with E-state index in [1.807, 2.05) is 0 Å². The van der Waals surface area contributed by atoms with Crippen LogP contribution in [-0.4, -0.2) is 46.6 Å². The van der Waals surface area contributed by atoms with Crippen molar-refractivity contribution in [1.82, 2.24) is 0 Å². The summed E-state index contributed by atoms with van der Waals surface area (Å²) in [6.07, 6.45) is 1.75. The molecule has 26 heavy (non-hydrogen) atoms. The number of fused-ring (bicyclic) bond motifs is 2. The van der Waals surface area contributed by atoms with Crippen LogP contribution in [0, 0.1) is 17.8 Å². The first kappa shape index (κ1) is 18.9. The summed E-state index contributed by atoms with van der Waals surface area (Å²) in [7, 11) is 0. The van der Waals surface area contributed by atoms with Gasteiger partial charge in [0.15, 0.2) is 0 Å². The van der Waals surface area contributed by atoms with Crippen molar-refractivity contribution in [3.05, 3.63) is 36.0 Å². The van der Waals surface area contributed by atoms with Crippen molar-refractivity contribution < 1.29 is 29.3 Å². The second-order valence-electron chi connectivity index (χ2n) is 7.69. The predicted molar refractivity (Wildman–Crippen MR) is 93.8 cm³/mol. The lowest BCUT2D eigenvalue weighted by atomic mass is 9.78. The average Bonchev–Trinajstić information content (AvgIpc) is 2.96. The van der Waals surface area contributed by atoms with Crippen LogP contribution in [0.1, 0.15) is 33.1 Å². The Morgan fingerprint density at radius 3 is 2.77 bits per heavy atom. The Morgan fingerprint density at radius 2 is 2.15 bits per heavy atom. The number of aliphatic hydroxyl groups excluding tert-OH is 1. The standard InChI is InChI=1S/C20H26O6/c1-5-10(2)18(22)26-16-8-20(24,9-21)14-7-13-12(4)19(23)25-15(13)6-11(3)17(14)16/h5,13-17,21,24H,3-4,6-9H2,1-2H3/b10-5-/t13-,14-,15-,16+,17-,20+/m1/s1. The van der Waals surface area contributed by atoms with Crippen LogP contribution in [0.3, 0.4) is 0 Å². The van der Waals surface area contributed by atoms with Gasteiger partial charge in [-0.05, 0) is 20.3 Å². The Labute approximate surface area is 153 Å². The van der Waals surface area contributed by atoms with Crippen LogP contribution in [0.25, 0.3) is 0 Å². The molecule has 0 aromatic heterocycles. The minimum Gasteiger partial charge on any atom is -0.458 e. The zero-order valence-corrected chi connectivity index (χ0v) is 15.2. The number of ether oxygens (including phenoxy) is 2. The third-order valence-corrected chi connectivity index (χ3v) is 6.23. The van der Waals surface area contributed by atoms with Gasteiger partial charge in [0.05, 0.1) is 12.2 Å². The highest BCUT2D eigenvalue weighted by Gasteiger charge is 2.58. The van der Waals surface area contributed by atoms with Crippen LogP contribution in [-0.2, 0) is 19.1 Å². The van der Waals surface area contributed by atoms with Crippen molar-refractivity contribution >= 4 is 11.9 Å². The van der Waals surface area contributed by atoms with E-state index in [1.54, 1.807) is 19.9 Å². The molecule has 0 radical (unpaired) electrons. The third-order valence-electron chi connectivity index (χ3n) is 6.23. The lowest BCUT2D eigenvalue weighted by Crippen LogP contribution is -2.40. The highest BCUT2D eigenvalue weighted by Crippen LogP contribution is 2.53. The van der Waals surface area contributed by atoms with Gasteiger partial charge in [0, 0.05) is 41.7 Å². The molecule has 1 aliphatic heterocycles. The van der Waals surface area contributed by atoms with Crippen LogP contribution in [0.4, 0.5) is 0 Å². The first-order valence-electron chi connectivity index (χ1n) is 8.96. The highest BCUT2D eigenvalue weighted by atomic mass is 16.6. The van der Waals surface area contributed by atoms with Gasteiger partial charge >= 0.3 is 11.9 Å². The average molecular weight is 362 g/mol. The van der Waals surface area contributed by atoms with Crippen molar-refractivity contribution in [2.45, 2.75) is 50.9 Å². The van der Waals surface area contributed by atoms with E-state index in [0.717, 1.165) is 5.57 Å². The Bertz CT molecular complexity index is 692. The van der Waals surface area contributed by atoms with E-state index >= 15 is 0 Å². The SMILES string of the molecule is C=C1C[C@H]2OC(=O)C(=C)[C@H]2C[C@@H]2[C@@H]1[C@@H](OC(=O)/C(C)=C\C)C[C@]2(O)CO. The quantitative estimate of drug-likeness (QED) is 0.451. The molecular formula is C20H26O6. The Balaban J connectivity index is 1.92. The molecule has 1 heterocycles. The Morgan fingerprint density at radius 1 is 1.46 bits per heavy atom. The van der Waals surface area contributed by atoms with E-state index in [-0.39, 0.29) is 30.3 Å². The van der Waals surface area contributed by atoms with E-state index in [2.05, 4.69) is 13.2 Å². The molecule has 0 unspecified atom stereocenters. The van der Waals surface area contributed by atoms with E-state index in [1.165, 1.54) is 0 Å². The number of allylic oxidation sites excluding steroid dienone is 1. The second-order valence-corrected chi connectivity index (χ2v) is 7.69. The van der Waals surface area contributed by atoms with Crippen molar-refractivity contribution in [1.29, 1.82) is 0 Å². The molecule has 142 valence electrons. The molecule has 3 fully saturated rings. The maximum absolute atomic E-state index is 12.2. The maximum atomic E-state index is 12.2. The molecule has 6 nitrogen and oxygen atoms in total. The van der Waals surface area contributed by atoms with Crippen molar-refractivity contribution in [3.8, 4) is 0 Å². The highest BCUT2D eigenvalue weighted by molar-refractivity contribution is 5.91. The maximum Gasteiger partial charge on any atom is 0.334 e. The van der Waals surface area contributed by atoms with Gasteiger partial charge in [-0.2, -0.15) is 0 Å². The molecule has 0 spiro atoms. The van der Waals surface area contributed by atoms with Crippen LogP contribution in [0.15, 0.2) is 36.0 Å². The van der Waals surface area contributed by atoms with E-state index in [0.29, 0.717) is 24.0 Å². The van der Waals surface area contributed by atoms with Gasteiger partial charge in [-0.15, -0.1) is 0 Å². The van der Waals surface area contributed by atoms with Gasteiger partial charge in [0.2, 0.25) is 0 Å². The monoisotopic (exact) mass is 362 g/mol. The van der Waals surface area contributed by atoms with Crippen LogP contribution in [0.5, 0.6) is 0 Å². The minimum atomic E-state index is -1.40. The topological polar surface area (TPSA) is 93.1 Å². The Kier molecular flexibility index (Phi) is 4.84. The van der Waals surface area contributed by atoms with E-state index in [4.69, 9.17) is 9.47 Å². The van der Waals surface area contributed by atoms with Gasteiger partial charge in [0.1, 0.15) is 12.2 Å². The first-order valence-corrected chi connectivity index (χ1v) is 8.96. The van der Waals surface area contributed by atoms with Crippen molar-refractivity contribution in [3.63, 3.8) is 0 Å². The summed E-state index contributed by atoms with van der Waals surface area (Å²) in [5.41, 5.74) is 0.252. The number of esters is 2. The largest absolute Gasteiger partial charge is 0.458 e. The van der Waals surface area contributed by atoms with E-state index < -0.39 is 30.3 Å². The van der Waals surface area contributed by atoms with Crippen molar-refractivity contribution in [2.75, 3.05) is 6.61 Å². The molecule has 0 bridgehead atoms. The predicted octanol–water partition coefficient (Wildman–Crippen LogP) is 1.67. The van der Waals surface area contributed by atoms with Gasteiger partial charge in [-0.3, -0.25) is 0 Å². The van der Waals surface area contributed by atoms with Crippen LogP contribution >= 0.6 is 0 Å². The second kappa shape index (κ2) is 6.67. The summed E-state index contributed by atoms with van der Waals surface area (Å²) in [6.45, 7) is 10.9. The minimum absolute atomic E-state index is 0.138. The fourth-order valence-corrected chi connectivity index (χ4v) is 4.60. The number of hydrogen-bond donors (Lipinski definition) is 2. The normalized spacial score (nSPS) is 39.9.